The van der Waals surface area contributed by atoms with Gasteiger partial charge in [-0.2, -0.15) is 0 Å². The molecule has 1 aliphatic rings. The first-order valence-corrected chi connectivity index (χ1v) is 8.04. The standard InChI is InChI=1S/C17H25N3O2/c1-18-16(21)17(22)19-11-10-14-6-8-15(9-7-14)20-12-4-2-3-5-13-20/h6-9H,2-5,10-13H2,1H3,(H,18,21)(H,19,22). The Bertz CT molecular complexity index is 491. The molecule has 1 saturated heterocycles. The Kier molecular flexibility index (Phi) is 6.25. The summed E-state index contributed by atoms with van der Waals surface area (Å²) >= 11 is 0. The van der Waals surface area contributed by atoms with Gasteiger partial charge in [0.25, 0.3) is 0 Å². The van der Waals surface area contributed by atoms with E-state index in [1.165, 1.54) is 38.4 Å². The highest BCUT2D eigenvalue weighted by Gasteiger charge is 2.11. The molecule has 0 aromatic heterocycles. The topological polar surface area (TPSA) is 61.4 Å². The van der Waals surface area contributed by atoms with Crippen molar-refractivity contribution in [2.45, 2.75) is 32.1 Å². The van der Waals surface area contributed by atoms with Crippen molar-refractivity contribution in [2.75, 3.05) is 31.6 Å². The maximum absolute atomic E-state index is 11.3. The number of anilines is 1. The summed E-state index contributed by atoms with van der Waals surface area (Å²) in [5.74, 6) is -1.18. The molecule has 0 unspecified atom stereocenters. The largest absolute Gasteiger partial charge is 0.372 e. The molecule has 1 heterocycles. The molecule has 1 fully saturated rings. The van der Waals surface area contributed by atoms with E-state index in [4.69, 9.17) is 0 Å². The quantitative estimate of drug-likeness (QED) is 0.828. The fourth-order valence-electron chi connectivity index (χ4n) is 2.72. The van der Waals surface area contributed by atoms with Crippen LogP contribution in [0.2, 0.25) is 0 Å². The van der Waals surface area contributed by atoms with Crippen molar-refractivity contribution >= 4 is 17.5 Å². The van der Waals surface area contributed by atoms with Crippen molar-refractivity contribution < 1.29 is 9.59 Å². The van der Waals surface area contributed by atoms with E-state index < -0.39 is 11.8 Å². The van der Waals surface area contributed by atoms with Crippen LogP contribution in [0.15, 0.2) is 24.3 Å². The summed E-state index contributed by atoms with van der Waals surface area (Å²) in [6, 6.07) is 8.51. The van der Waals surface area contributed by atoms with Gasteiger partial charge in [0.05, 0.1) is 0 Å². The molecule has 2 rings (SSSR count). The summed E-state index contributed by atoms with van der Waals surface area (Å²) in [6.07, 6.45) is 5.93. The van der Waals surface area contributed by atoms with Crippen molar-refractivity contribution in [1.29, 1.82) is 0 Å². The van der Waals surface area contributed by atoms with Crippen molar-refractivity contribution in [3.8, 4) is 0 Å². The van der Waals surface area contributed by atoms with E-state index in [1.807, 2.05) is 0 Å². The highest BCUT2D eigenvalue weighted by atomic mass is 16.2. The fourth-order valence-corrected chi connectivity index (χ4v) is 2.72. The van der Waals surface area contributed by atoms with Crippen molar-refractivity contribution in [2.24, 2.45) is 0 Å². The van der Waals surface area contributed by atoms with E-state index in [2.05, 4.69) is 39.8 Å². The second kappa shape index (κ2) is 8.41. The summed E-state index contributed by atoms with van der Waals surface area (Å²) in [5, 5.41) is 4.91. The van der Waals surface area contributed by atoms with Gasteiger partial charge in [-0.05, 0) is 37.0 Å². The number of rotatable bonds is 4. The number of carbonyl (C=O) groups excluding carboxylic acids is 2. The summed E-state index contributed by atoms with van der Waals surface area (Å²) in [4.78, 5) is 24.8. The van der Waals surface area contributed by atoms with Crippen LogP contribution >= 0.6 is 0 Å². The maximum Gasteiger partial charge on any atom is 0.309 e. The number of likely N-dealkylation sites (N-methyl/N-ethyl adjacent to an activating group) is 1. The van der Waals surface area contributed by atoms with Crippen molar-refractivity contribution in [1.82, 2.24) is 10.6 Å². The smallest absolute Gasteiger partial charge is 0.309 e. The van der Waals surface area contributed by atoms with Crippen molar-refractivity contribution in [3.63, 3.8) is 0 Å². The molecule has 0 saturated carbocycles. The van der Waals surface area contributed by atoms with Crippen LogP contribution in [0.5, 0.6) is 0 Å². The van der Waals surface area contributed by atoms with Gasteiger partial charge in [0.1, 0.15) is 0 Å². The van der Waals surface area contributed by atoms with Gasteiger partial charge >= 0.3 is 11.8 Å². The first-order valence-electron chi connectivity index (χ1n) is 8.04. The predicted molar refractivity (Wildman–Crippen MR) is 87.9 cm³/mol. The van der Waals surface area contributed by atoms with Crippen LogP contribution in [-0.4, -0.2) is 38.5 Å². The lowest BCUT2D eigenvalue weighted by Crippen LogP contribution is -2.38. The number of hydrogen-bond donors (Lipinski definition) is 2. The summed E-state index contributed by atoms with van der Waals surface area (Å²) in [7, 11) is 1.45. The molecule has 0 bridgehead atoms. The molecule has 0 aliphatic carbocycles. The number of carbonyl (C=O) groups is 2. The number of nitrogens with one attached hydrogen (secondary N) is 2. The number of hydrogen-bond acceptors (Lipinski definition) is 3. The second-order valence-electron chi connectivity index (χ2n) is 5.65. The van der Waals surface area contributed by atoms with E-state index in [0.717, 1.165) is 25.1 Å². The molecule has 1 aromatic carbocycles. The monoisotopic (exact) mass is 303 g/mol. The fraction of sp³-hybridized carbons (Fsp3) is 0.529. The first-order chi connectivity index (χ1) is 10.7. The van der Waals surface area contributed by atoms with Crippen molar-refractivity contribution in [3.05, 3.63) is 29.8 Å². The van der Waals surface area contributed by atoms with E-state index in [9.17, 15) is 9.59 Å². The summed E-state index contributed by atoms with van der Waals surface area (Å²) < 4.78 is 0. The third-order valence-electron chi connectivity index (χ3n) is 4.04. The van der Waals surface area contributed by atoms with Crippen LogP contribution in [0.4, 0.5) is 5.69 Å². The highest BCUT2D eigenvalue weighted by Crippen LogP contribution is 2.20. The minimum absolute atomic E-state index is 0.468. The average molecular weight is 303 g/mol. The number of nitrogens with zero attached hydrogens (tertiary/aromatic N) is 1. The Morgan fingerprint density at radius 3 is 2.23 bits per heavy atom. The lowest BCUT2D eigenvalue weighted by atomic mass is 10.1. The molecule has 0 spiro atoms. The van der Waals surface area contributed by atoms with E-state index in [1.54, 1.807) is 0 Å². The molecule has 0 radical (unpaired) electrons. The predicted octanol–water partition coefficient (Wildman–Crippen LogP) is 1.47. The molecule has 2 N–H and O–H groups in total. The molecule has 1 aliphatic heterocycles. The highest BCUT2D eigenvalue weighted by molar-refractivity contribution is 6.34. The van der Waals surface area contributed by atoms with Gasteiger partial charge in [0.2, 0.25) is 0 Å². The molecule has 22 heavy (non-hydrogen) atoms. The number of amides is 2. The molecule has 0 atom stereocenters. The second-order valence-corrected chi connectivity index (χ2v) is 5.65. The molecule has 120 valence electrons. The third kappa shape index (κ3) is 4.76. The Hall–Kier alpha value is -2.04. The van der Waals surface area contributed by atoms with E-state index in [-0.39, 0.29) is 0 Å². The van der Waals surface area contributed by atoms with Crippen LogP contribution in [0, 0.1) is 0 Å². The Morgan fingerprint density at radius 2 is 1.64 bits per heavy atom. The van der Waals surface area contributed by atoms with Crippen LogP contribution < -0.4 is 15.5 Å². The van der Waals surface area contributed by atoms with E-state index in [0.29, 0.717) is 6.54 Å². The van der Waals surface area contributed by atoms with Crippen LogP contribution in [0.25, 0.3) is 0 Å². The zero-order valence-corrected chi connectivity index (χ0v) is 13.2. The van der Waals surface area contributed by atoms with Crippen LogP contribution in [0.3, 0.4) is 0 Å². The maximum atomic E-state index is 11.3. The summed E-state index contributed by atoms with van der Waals surface area (Å²) in [5.41, 5.74) is 2.44. The lowest BCUT2D eigenvalue weighted by molar-refractivity contribution is -0.138. The minimum Gasteiger partial charge on any atom is -0.372 e. The minimum atomic E-state index is -0.600. The lowest BCUT2D eigenvalue weighted by Gasteiger charge is -2.22. The Balaban J connectivity index is 1.81. The zero-order chi connectivity index (χ0) is 15.8. The Labute approximate surface area is 132 Å². The van der Waals surface area contributed by atoms with Gasteiger partial charge in [-0.1, -0.05) is 25.0 Å². The Morgan fingerprint density at radius 1 is 1.00 bits per heavy atom. The first kappa shape index (κ1) is 16.3. The van der Waals surface area contributed by atoms with Gasteiger partial charge < -0.3 is 15.5 Å². The van der Waals surface area contributed by atoms with Gasteiger partial charge in [-0.3, -0.25) is 9.59 Å². The van der Waals surface area contributed by atoms with E-state index >= 15 is 0 Å². The third-order valence-corrected chi connectivity index (χ3v) is 4.04. The zero-order valence-electron chi connectivity index (χ0n) is 13.2. The van der Waals surface area contributed by atoms with Crippen LogP contribution in [0.1, 0.15) is 31.2 Å². The SMILES string of the molecule is CNC(=O)C(=O)NCCc1ccc(N2CCCCCC2)cc1. The average Bonchev–Trinajstić information content (AvgIpc) is 2.84. The van der Waals surface area contributed by atoms with Crippen LogP contribution in [-0.2, 0) is 16.0 Å². The number of benzene rings is 1. The summed E-state index contributed by atoms with van der Waals surface area (Å²) in [6.45, 7) is 2.75. The molecule has 1 aromatic rings. The molecule has 5 heteroatoms. The van der Waals surface area contributed by atoms with Gasteiger partial charge in [-0.15, -0.1) is 0 Å². The van der Waals surface area contributed by atoms with Gasteiger partial charge in [0.15, 0.2) is 0 Å². The normalized spacial score (nSPS) is 15.0. The molecular weight excluding hydrogens is 278 g/mol. The van der Waals surface area contributed by atoms with Gasteiger partial charge in [-0.25, -0.2) is 0 Å². The molecule has 5 nitrogen and oxygen atoms in total. The van der Waals surface area contributed by atoms with Gasteiger partial charge in [0, 0.05) is 32.4 Å². The molecular formula is C17H25N3O2. The molecule has 2 amide bonds.